The molecule has 0 saturated heterocycles. The predicted octanol–water partition coefficient (Wildman–Crippen LogP) is 3.98. The first-order valence-electron chi connectivity index (χ1n) is 7.68. The maximum absolute atomic E-state index is 3.54. The molecule has 1 saturated carbocycles. The molecule has 19 heavy (non-hydrogen) atoms. The zero-order valence-corrected chi connectivity index (χ0v) is 12.7. The number of aryl methyl sites for hydroxylation is 2. The molecule has 2 nitrogen and oxygen atoms in total. The van der Waals surface area contributed by atoms with Crippen molar-refractivity contribution in [3.63, 3.8) is 0 Å². The highest BCUT2D eigenvalue weighted by Gasteiger charge is 2.17. The van der Waals surface area contributed by atoms with Gasteiger partial charge in [0.25, 0.3) is 0 Å². The van der Waals surface area contributed by atoms with Gasteiger partial charge in [0.05, 0.1) is 0 Å². The average Bonchev–Trinajstić information content (AvgIpc) is 2.43. The van der Waals surface area contributed by atoms with Crippen molar-refractivity contribution in [2.75, 3.05) is 25.5 Å². The summed E-state index contributed by atoms with van der Waals surface area (Å²) in [6, 6.07) is 7.44. The van der Waals surface area contributed by atoms with Gasteiger partial charge in [-0.15, -0.1) is 0 Å². The minimum absolute atomic E-state index is 0.815. The van der Waals surface area contributed by atoms with Gasteiger partial charge in [0.15, 0.2) is 0 Å². The van der Waals surface area contributed by atoms with Crippen molar-refractivity contribution in [2.45, 2.75) is 52.0 Å². The van der Waals surface area contributed by atoms with Crippen LogP contribution in [0.3, 0.4) is 0 Å². The van der Waals surface area contributed by atoms with Crippen LogP contribution in [0.4, 0.5) is 5.69 Å². The number of hydrogen-bond donors (Lipinski definition) is 1. The number of rotatable bonds is 5. The van der Waals surface area contributed by atoms with E-state index in [9.17, 15) is 0 Å². The molecule has 0 unspecified atom stereocenters. The van der Waals surface area contributed by atoms with Crippen LogP contribution in [-0.4, -0.2) is 31.1 Å². The smallest absolute Gasteiger partial charge is 0.0343 e. The molecular weight excluding hydrogens is 232 g/mol. The highest BCUT2D eigenvalue weighted by molar-refractivity contribution is 5.48. The van der Waals surface area contributed by atoms with E-state index in [1.165, 1.54) is 48.9 Å². The first-order valence-corrected chi connectivity index (χ1v) is 7.68. The van der Waals surface area contributed by atoms with Gasteiger partial charge >= 0.3 is 0 Å². The first kappa shape index (κ1) is 14.4. The molecule has 0 aliphatic heterocycles. The van der Waals surface area contributed by atoms with Crippen LogP contribution in [0.5, 0.6) is 0 Å². The Kier molecular flexibility index (Phi) is 5.26. The normalized spacial score (nSPS) is 16.8. The van der Waals surface area contributed by atoms with Gasteiger partial charge in [-0.2, -0.15) is 0 Å². The number of likely N-dealkylation sites (N-methyl/N-ethyl adjacent to an activating group) is 1. The molecule has 106 valence electrons. The van der Waals surface area contributed by atoms with Crippen LogP contribution >= 0.6 is 0 Å². The highest BCUT2D eigenvalue weighted by atomic mass is 15.1. The zero-order chi connectivity index (χ0) is 13.7. The van der Waals surface area contributed by atoms with Crippen molar-refractivity contribution >= 4 is 5.69 Å². The molecule has 1 aliphatic carbocycles. The molecule has 0 radical (unpaired) electrons. The molecule has 0 aromatic heterocycles. The minimum atomic E-state index is 0.815. The van der Waals surface area contributed by atoms with Crippen molar-refractivity contribution < 1.29 is 0 Å². The summed E-state index contributed by atoms with van der Waals surface area (Å²) >= 11 is 0. The molecule has 1 aromatic rings. The highest BCUT2D eigenvalue weighted by Crippen LogP contribution is 2.21. The summed E-state index contributed by atoms with van der Waals surface area (Å²) in [6.45, 7) is 6.51. The lowest BCUT2D eigenvalue weighted by atomic mass is 9.94. The van der Waals surface area contributed by atoms with Gasteiger partial charge in [0, 0.05) is 24.8 Å². The Morgan fingerprint density at radius 3 is 2.53 bits per heavy atom. The van der Waals surface area contributed by atoms with Crippen LogP contribution < -0.4 is 5.32 Å². The predicted molar refractivity (Wildman–Crippen MR) is 83.9 cm³/mol. The van der Waals surface area contributed by atoms with E-state index in [1.54, 1.807) is 0 Å². The van der Waals surface area contributed by atoms with Crippen molar-refractivity contribution in [1.29, 1.82) is 0 Å². The van der Waals surface area contributed by atoms with E-state index in [0.717, 1.165) is 19.1 Å². The summed E-state index contributed by atoms with van der Waals surface area (Å²) in [5, 5.41) is 3.54. The van der Waals surface area contributed by atoms with Crippen LogP contribution in [0.2, 0.25) is 0 Å². The quantitative estimate of drug-likeness (QED) is 0.861. The Bertz CT molecular complexity index is 394. The second-order valence-electron chi connectivity index (χ2n) is 6.00. The van der Waals surface area contributed by atoms with Gasteiger partial charge in [0.2, 0.25) is 0 Å². The second kappa shape index (κ2) is 6.95. The maximum atomic E-state index is 3.54. The molecule has 1 fully saturated rings. The van der Waals surface area contributed by atoms with Crippen LogP contribution in [0, 0.1) is 13.8 Å². The number of anilines is 1. The van der Waals surface area contributed by atoms with Gasteiger partial charge in [-0.05, 0) is 57.0 Å². The van der Waals surface area contributed by atoms with Crippen molar-refractivity contribution in [3.8, 4) is 0 Å². The number of nitrogens with zero attached hydrogens (tertiary/aromatic N) is 1. The van der Waals surface area contributed by atoms with Crippen LogP contribution in [0.25, 0.3) is 0 Å². The fourth-order valence-electron chi connectivity index (χ4n) is 2.93. The van der Waals surface area contributed by atoms with E-state index in [4.69, 9.17) is 0 Å². The molecule has 0 atom stereocenters. The van der Waals surface area contributed by atoms with Gasteiger partial charge in [0.1, 0.15) is 0 Å². The fourth-order valence-corrected chi connectivity index (χ4v) is 2.93. The van der Waals surface area contributed by atoms with Crippen molar-refractivity contribution in [3.05, 3.63) is 29.3 Å². The number of nitrogens with one attached hydrogen (secondary N) is 1. The van der Waals surface area contributed by atoms with Gasteiger partial charge in [-0.3, -0.25) is 0 Å². The largest absolute Gasteiger partial charge is 0.384 e. The lowest BCUT2D eigenvalue weighted by Gasteiger charge is -2.31. The first-order chi connectivity index (χ1) is 9.16. The summed E-state index contributed by atoms with van der Waals surface area (Å²) in [6.07, 6.45) is 7.05. The lowest BCUT2D eigenvalue weighted by Crippen LogP contribution is -2.36. The summed E-state index contributed by atoms with van der Waals surface area (Å²) in [5.74, 6) is 0. The van der Waals surface area contributed by atoms with Crippen molar-refractivity contribution in [2.24, 2.45) is 0 Å². The summed E-state index contributed by atoms with van der Waals surface area (Å²) < 4.78 is 0. The fraction of sp³-hybridized carbons (Fsp3) is 0.647. The average molecular weight is 260 g/mol. The summed E-state index contributed by atoms with van der Waals surface area (Å²) in [5.41, 5.74) is 3.98. The minimum Gasteiger partial charge on any atom is -0.384 e. The second-order valence-corrected chi connectivity index (χ2v) is 6.00. The molecule has 0 heterocycles. The van der Waals surface area contributed by atoms with Gasteiger partial charge in [-0.1, -0.05) is 25.3 Å². The summed E-state index contributed by atoms with van der Waals surface area (Å²) in [4.78, 5) is 2.53. The molecule has 0 bridgehead atoms. The Balaban J connectivity index is 1.74. The van der Waals surface area contributed by atoms with E-state index < -0.39 is 0 Å². The topological polar surface area (TPSA) is 15.3 Å². The standard InChI is InChI=1S/C17H28N2/c1-14-9-10-16(13-15(14)2)18-11-12-19(3)17-7-5-4-6-8-17/h9-10,13,17-18H,4-8,11-12H2,1-3H3. The Morgan fingerprint density at radius 1 is 1.11 bits per heavy atom. The van der Waals surface area contributed by atoms with E-state index in [0.29, 0.717) is 0 Å². The Morgan fingerprint density at radius 2 is 1.84 bits per heavy atom. The molecule has 1 aromatic carbocycles. The molecule has 2 heteroatoms. The molecule has 1 aliphatic rings. The van der Waals surface area contributed by atoms with Crippen LogP contribution in [0.15, 0.2) is 18.2 Å². The molecule has 1 N–H and O–H groups in total. The Hall–Kier alpha value is -1.02. The number of benzene rings is 1. The molecule has 0 amide bonds. The third-order valence-electron chi connectivity index (χ3n) is 4.50. The van der Waals surface area contributed by atoms with Gasteiger partial charge < -0.3 is 10.2 Å². The van der Waals surface area contributed by atoms with E-state index >= 15 is 0 Å². The molecule has 2 rings (SSSR count). The zero-order valence-electron chi connectivity index (χ0n) is 12.7. The van der Waals surface area contributed by atoms with E-state index in [-0.39, 0.29) is 0 Å². The third kappa shape index (κ3) is 4.24. The monoisotopic (exact) mass is 260 g/mol. The van der Waals surface area contributed by atoms with E-state index in [2.05, 4.69) is 49.3 Å². The number of hydrogen-bond acceptors (Lipinski definition) is 2. The molecule has 0 spiro atoms. The molecular formula is C17H28N2. The van der Waals surface area contributed by atoms with Crippen molar-refractivity contribution in [1.82, 2.24) is 4.90 Å². The van der Waals surface area contributed by atoms with Crippen LogP contribution in [0.1, 0.15) is 43.2 Å². The summed E-state index contributed by atoms with van der Waals surface area (Å²) in [7, 11) is 2.28. The van der Waals surface area contributed by atoms with Crippen LogP contribution in [-0.2, 0) is 0 Å². The lowest BCUT2D eigenvalue weighted by molar-refractivity contribution is 0.198. The van der Waals surface area contributed by atoms with Gasteiger partial charge in [-0.25, -0.2) is 0 Å². The third-order valence-corrected chi connectivity index (χ3v) is 4.50. The van der Waals surface area contributed by atoms with E-state index in [1.807, 2.05) is 0 Å². The SMILES string of the molecule is Cc1ccc(NCCN(C)C2CCCCC2)cc1C. The maximum Gasteiger partial charge on any atom is 0.0343 e. The Labute approximate surface area is 118 Å².